The van der Waals surface area contributed by atoms with Gasteiger partial charge in [-0.05, 0) is 83.8 Å². The van der Waals surface area contributed by atoms with Crippen LogP contribution in [0.1, 0.15) is 59.9 Å². The molecule has 254 valence electrons. The Hall–Kier alpha value is -5.27. The van der Waals surface area contributed by atoms with Crippen LogP contribution in [-0.2, 0) is 14.2 Å². The number of hydrogen-bond donors (Lipinski definition) is 2. The number of fused-ring (bicyclic) bond motifs is 2. The van der Waals surface area contributed by atoms with Gasteiger partial charge in [-0.25, -0.2) is 28.7 Å². The van der Waals surface area contributed by atoms with Crippen LogP contribution in [0.2, 0.25) is 0 Å². The van der Waals surface area contributed by atoms with Crippen molar-refractivity contribution in [2.45, 2.75) is 78.6 Å². The number of amides is 3. The predicted octanol–water partition coefficient (Wildman–Crippen LogP) is 7.52. The van der Waals surface area contributed by atoms with Gasteiger partial charge in [0.2, 0.25) is 5.88 Å². The summed E-state index contributed by atoms with van der Waals surface area (Å²) in [4.78, 5) is 52.5. The Morgan fingerprint density at radius 2 is 1.73 bits per heavy atom. The number of hydrogen-bond acceptors (Lipinski definition) is 10. The monoisotopic (exact) mass is 662 g/mol. The number of rotatable bonds is 5. The number of carbonyl (C=O) groups is 3. The normalized spacial score (nSPS) is 15.8. The lowest BCUT2D eigenvalue weighted by Gasteiger charge is -2.32. The van der Waals surface area contributed by atoms with Gasteiger partial charge in [0.05, 0.1) is 12.2 Å². The molecular weight excluding hydrogens is 623 g/mol. The highest BCUT2D eigenvalue weighted by molar-refractivity contribution is 6.05. The van der Waals surface area contributed by atoms with Crippen molar-refractivity contribution in [2.24, 2.45) is 4.99 Å². The van der Waals surface area contributed by atoms with Gasteiger partial charge < -0.3 is 18.9 Å². The number of ether oxygens (including phenoxy) is 4. The number of carbonyl (C=O) groups excluding carboxylic acids is 3. The molecule has 1 aromatic carbocycles. The van der Waals surface area contributed by atoms with E-state index < -0.39 is 35.3 Å². The molecule has 2 N–H and O–H groups in total. The van der Waals surface area contributed by atoms with E-state index in [4.69, 9.17) is 18.9 Å². The first kappa shape index (κ1) is 34.1. The van der Waals surface area contributed by atoms with Gasteiger partial charge in [-0.3, -0.25) is 20.5 Å². The molecular formula is C34H39FN6O7. The summed E-state index contributed by atoms with van der Waals surface area (Å²) in [6, 6.07) is 3.08. The highest BCUT2D eigenvalue weighted by Crippen LogP contribution is 2.42. The van der Waals surface area contributed by atoms with Crippen LogP contribution < -0.4 is 20.3 Å². The number of halogens is 1. The van der Waals surface area contributed by atoms with Gasteiger partial charge in [0.25, 0.3) is 0 Å². The summed E-state index contributed by atoms with van der Waals surface area (Å²) in [5.41, 5.74) is 0.435. The number of aromatic nitrogens is 2. The number of aliphatic imine (C=N–C) groups is 1. The molecule has 1 aliphatic heterocycles. The molecule has 13 nitrogen and oxygen atoms in total. The summed E-state index contributed by atoms with van der Waals surface area (Å²) in [5.74, 6) is -0.449. The number of nitrogens with zero attached hydrogens (tertiary/aromatic N) is 4. The summed E-state index contributed by atoms with van der Waals surface area (Å²) in [5, 5.41) is 5.82. The number of benzene rings is 1. The van der Waals surface area contributed by atoms with Crippen LogP contribution in [0.15, 0.2) is 41.3 Å². The SMILES string of the molecule is C=NC=C1CC(OC(=O)Nc2cc3cc(-c4cnc5c(c4C)N(C(=O)OC(C)(C)C)CCO5)c(F)c(NC(=O)OC(C)(C)C)c3cn2)C1. The van der Waals surface area contributed by atoms with Crippen LogP contribution in [0, 0.1) is 12.7 Å². The summed E-state index contributed by atoms with van der Waals surface area (Å²) >= 11 is 0. The lowest BCUT2D eigenvalue weighted by atomic mass is 9.90. The zero-order valence-electron chi connectivity index (χ0n) is 28.0. The molecule has 1 saturated carbocycles. The van der Waals surface area contributed by atoms with E-state index in [0.29, 0.717) is 35.0 Å². The molecule has 3 amide bonds. The molecule has 0 unspecified atom stereocenters. The van der Waals surface area contributed by atoms with E-state index in [0.717, 1.165) is 5.57 Å². The largest absolute Gasteiger partial charge is 0.474 e. The first-order chi connectivity index (χ1) is 22.5. The summed E-state index contributed by atoms with van der Waals surface area (Å²) in [6.07, 6.45) is 3.06. The Morgan fingerprint density at radius 1 is 1.02 bits per heavy atom. The van der Waals surface area contributed by atoms with E-state index in [2.05, 4.69) is 32.3 Å². The van der Waals surface area contributed by atoms with E-state index in [9.17, 15) is 14.4 Å². The lowest BCUT2D eigenvalue weighted by Crippen LogP contribution is -2.42. The molecule has 0 saturated heterocycles. The van der Waals surface area contributed by atoms with Gasteiger partial charge >= 0.3 is 18.3 Å². The lowest BCUT2D eigenvalue weighted by molar-refractivity contribution is 0.0564. The van der Waals surface area contributed by atoms with Gasteiger partial charge in [0, 0.05) is 47.9 Å². The second-order valence-corrected chi connectivity index (χ2v) is 13.5. The Labute approximate surface area is 277 Å². The molecule has 3 heterocycles. The van der Waals surface area contributed by atoms with E-state index >= 15 is 4.39 Å². The summed E-state index contributed by atoms with van der Waals surface area (Å²) < 4.78 is 38.8. The second kappa shape index (κ2) is 13.1. The van der Waals surface area contributed by atoms with Crippen molar-refractivity contribution >= 4 is 53.0 Å². The van der Waals surface area contributed by atoms with Crippen LogP contribution in [0.5, 0.6) is 5.88 Å². The standard InChI is InChI=1S/C34H39FN6O7/c1-18-23(16-38-29-28(18)41(9-10-45-29)32(44)48-34(5,6)7)22-13-20-14-25(39-30(42)46-21-11-19(12-21)15-36-8)37-17-24(20)27(26(22)35)40-31(43)47-33(2,3)4/h13-17,21H,8-12H2,1-7H3,(H,40,43)(H,37,39,42). The number of anilines is 3. The maximum atomic E-state index is 16.6. The van der Waals surface area contributed by atoms with E-state index in [1.165, 1.54) is 23.4 Å². The molecule has 0 bridgehead atoms. The Bertz CT molecular complexity index is 1820. The van der Waals surface area contributed by atoms with Crippen molar-refractivity contribution in [3.63, 3.8) is 0 Å². The second-order valence-electron chi connectivity index (χ2n) is 13.5. The Morgan fingerprint density at radius 3 is 2.40 bits per heavy atom. The minimum atomic E-state index is -0.879. The third-order valence-corrected chi connectivity index (χ3v) is 7.34. The van der Waals surface area contributed by atoms with Crippen molar-refractivity contribution in [2.75, 3.05) is 28.7 Å². The Kier molecular flexibility index (Phi) is 9.29. The molecule has 1 fully saturated rings. The quantitative estimate of drug-likeness (QED) is 0.209. The third-order valence-electron chi connectivity index (χ3n) is 7.34. The van der Waals surface area contributed by atoms with Crippen molar-refractivity contribution in [3.8, 4) is 17.0 Å². The highest BCUT2D eigenvalue weighted by Gasteiger charge is 2.33. The van der Waals surface area contributed by atoms with E-state index in [1.54, 1.807) is 60.7 Å². The van der Waals surface area contributed by atoms with Crippen LogP contribution in [0.4, 0.5) is 36.0 Å². The van der Waals surface area contributed by atoms with Crippen molar-refractivity contribution < 1.29 is 37.7 Å². The minimum Gasteiger partial charge on any atom is -0.474 e. The van der Waals surface area contributed by atoms with E-state index in [1.807, 2.05) is 0 Å². The van der Waals surface area contributed by atoms with E-state index in [-0.39, 0.29) is 47.6 Å². The molecule has 2 aliphatic rings. The van der Waals surface area contributed by atoms with Gasteiger partial charge in [0.1, 0.15) is 35.4 Å². The molecule has 0 spiro atoms. The average Bonchev–Trinajstić information content (AvgIpc) is 2.95. The van der Waals surface area contributed by atoms with Gasteiger partial charge in [-0.15, -0.1) is 0 Å². The Balaban J connectivity index is 1.56. The van der Waals surface area contributed by atoms with Crippen molar-refractivity contribution in [1.82, 2.24) is 9.97 Å². The van der Waals surface area contributed by atoms with Crippen LogP contribution in [-0.4, -0.2) is 65.4 Å². The maximum Gasteiger partial charge on any atom is 0.415 e. The highest BCUT2D eigenvalue weighted by atomic mass is 19.1. The van der Waals surface area contributed by atoms with Gasteiger partial charge in [-0.2, -0.15) is 0 Å². The smallest absolute Gasteiger partial charge is 0.415 e. The van der Waals surface area contributed by atoms with Crippen molar-refractivity contribution in [1.29, 1.82) is 0 Å². The summed E-state index contributed by atoms with van der Waals surface area (Å²) in [7, 11) is 0. The number of pyridine rings is 2. The molecule has 3 aromatic rings. The average molecular weight is 663 g/mol. The molecule has 14 heteroatoms. The fourth-order valence-corrected chi connectivity index (χ4v) is 5.30. The zero-order chi connectivity index (χ0) is 35.0. The van der Waals surface area contributed by atoms with Crippen molar-refractivity contribution in [3.05, 3.63) is 47.7 Å². The predicted molar refractivity (Wildman–Crippen MR) is 179 cm³/mol. The van der Waals surface area contributed by atoms with Crippen LogP contribution >= 0.6 is 0 Å². The molecule has 48 heavy (non-hydrogen) atoms. The fraction of sp³-hybridized carbons (Fsp3) is 0.412. The third kappa shape index (κ3) is 7.64. The van der Waals surface area contributed by atoms with Gasteiger partial charge in [0.15, 0.2) is 5.82 Å². The molecule has 1 aliphatic carbocycles. The zero-order valence-corrected chi connectivity index (χ0v) is 28.0. The molecule has 0 atom stereocenters. The van der Waals surface area contributed by atoms with Crippen LogP contribution in [0.25, 0.3) is 21.9 Å². The number of nitrogens with one attached hydrogen (secondary N) is 2. The molecule has 5 rings (SSSR count). The molecule has 0 radical (unpaired) electrons. The van der Waals surface area contributed by atoms with Gasteiger partial charge in [-0.1, -0.05) is 0 Å². The summed E-state index contributed by atoms with van der Waals surface area (Å²) in [6.45, 7) is 15.9. The minimum absolute atomic E-state index is 0.0559. The first-order valence-electron chi connectivity index (χ1n) is 15.4. The van der Waals surface area contributed by atoms with Crippen LogP contribution in [0.3, 0.4) is 0 Å². The fourth-order valence-electron chi connectivity index (χ4n) is 5.30. The maximum absolute atomic E-state index is 16.6. The molecule has 2 aromatic heterocycles. The first-order valence-corrected chi connectivity index (χ1v) is 15.4. The topological polar surface area (TPSA) is 154 Å².